The standard InChI is InChI=1S/C18H25N3O6S/c1-4-27-17(26)12(15-21-13(16(24)25)18(2,3)28-15)20-14(23)11(19)9-5-7-10(22)8-6-9/h5-8,11-13,15,21-22H,4,19H2,1-3H3,(H,20,23)(H,24,25)/t11-,12+,13+,15-/m1/s1. The van der Waals surface area contributed by atoms with E-state index in [-0.39, 0.29) is 12.4 Å². The third-order valence-corrected chi connectivity index (χ3v) is 5.88. The zero-order valence-corrected chi connectivity index (χ0v) is 16.7. The lowest BCUT2D eigenvalue weighted by molar-refractivity contribution is -0.148. The van der Waals surface area contributed by atoms with Crippen LogP contribution in [0, 0.1) is 0 Å². The van der Waals surface area contributed by atoms with E-state index in [9.17, 15) is 24.6 Å². The van der Waals surface area contributed by atoms with Crippen LogP contribution in [0.1, 0.15) is 32.4 Å². The number of nitrogens with two attached hydrogens (primary N) is 1. The molecule has 6 N–H and O–H groups in total. The van der Waals surface area contributed by atoms with Gasteiger partial charge in [-0.3, -0.25) is 14.9 Å². The second-order valence-corrected chi connectivity index (χ2v) is 8.68. The van der Waals surface area contributed by atoms with Crippen molar-refractivity contribution in [3.05, 3.63) is 29.8 Å². The van der Waals surface area contributed by atoms with Gasteiger partial charge >= 0.3 is 11.9 Å². The molecule has 2 rings (SSSR count). The first-order chi connectivity index (χ1) is 13.1. The maximum absolute atomic E-state index is 12.6. The minimum absolute atomic E-state index is 0.0363. The highest BCUT2D eigenvalue weighted by Gasteiger charge is 2.49. The van der Waals surface area contributed by atoms with Gasteiger partial charge in [-0.1, -0.05) is 12.1 Å². The Labute approximate surface area is 167 Å². The molecular weight excluding hydrogens is 386 g/mol. The third-order valence-electron chi connectivity index (χ3n) is 4.38. The van der Waals surface area contributed by atoms with E-state index in [1.165, 1.54) is 36.0 Å². The van der Waals surface area contributed by atoms with Gasteiger partial charge in [-0.25, -0.2) is 4.79 Å². The van der Waals surface area contributed by atoms with Crippen molar-refractivity contribution in [1.29, 1.82) is 0 Å². The van der Waals surface area contributed by atoms with Crippen molar-refractivity contribution in [3.63, 3.8) is 0 Å². The van der Waals surface area contributed by atoms with E-state index >= 15 is 0 Å². The van der Waals surface area contributed by atoms with E-state index in [2.05, 4.69) is 10.6 Å². The van der Waals surface area contributed by atoms with Crippen molar-refractivity contribution in [2.75, 3.05) is 6.61 Å². The second-order valence-electron chi connectivity index (χ2n) is 6.89. The van der Waals surface area contributed by atoms with E-state index in [4.69, 9.17) is 10.5 Å². The van der Waals surface area contributed by atoms with Crippen molar-refractivity contribution in [2.24, 2.45) is 5.73 Å². The number of amides is 1. The van der Waals surface area contributed by atoms with Gasteiger partial charge < -0.3 is 26.0 Å². The molecule has 0 saturated carbocycles. The summed E-state index contributed by atoms with van der Waals surface area (Å²) in [5.41, 5.74) is 6.42. The highest BCUT2D eigenvalue weighted by molar-refractivity contribution is 8.01. The summed E-state index contributed by atoms with van der Waals surface area (Å²) in [5.74, 6) is -2.31. The molecule has 0 aliphatic carbocycles. The number of carbonyl (C=O) groups excluding carboxylic acids is 2. The number of hydrogen-bond acceptors (Lipinski definition) is 8. The van der Waals surface area contributed by atoms with Crippen molar-refractivity contribution in [1.82, 2.24) is 10.6 Å². The minimum atomic E-state index is -1.12. The van der Waals surface area contributed by atoms with Crippen LogP contribution >= 0.6 is 11.8 Å². The Morgan fingerprint density at radius 1 is 1.32 bits per heavy atom. The van der Waals surface area contributed by atoms with Gasteiger partial charge in [0.05, 0.1) is 12.0 Å². The summed E-state index contributed by atoms with van der Waals surface area (Å²) in [4.78, 5) is 36.6. The molecule has 9 nitrogen and oxygen atoms in total. The summed E-state index contributed by atoms with van der Waals surface area (Å²) in [6.45, 7) is 5.24. The molecule has 1 aliphatic heterocycles. The fourth-order valence-electron chi connectivity index (χ4n) is 2.89. The summed E-state index contributed by atoms with van der Waals surface area (Å²) in [6.07, 6.45) is 0. The largest absolute Gasteiger partial charge is 0.508 e. The molecule has 1 aliphatic rings. The van der Waals surface area contributed by atoms with Crippen LogP contribution in [0.5, 0.6) is 5.75 Å². The molecule has 1 aromatic rings. The van der Waals surface area contributed by atoms with Crippen LogP contribution < -0.4 is 16.4 Å². The molecule has 0 radical (unpaired) electrons. The highest BCUT2D eigenvalue weighted by Crippen LogP contribution is 2.39. The topological polar surface area (TPSA) is 151 Å². The Balaban J connectivity index is 2.19. The molecule has 0 bridgehead atoms. The molecule has 10 heteroatoms. The molecule has 1 saturated heterocycles. The number of carboxylic acid groups (broad SMARTS) is 1. The van der Waals surface area contributed by atoms with Crippen LogP contribution in [0.15, 0.2) is 24.3 Å². The molecule has 0 aromatic heterocycles. The van der Waals surface area contributed by atoms with Gasteiger partial charge in [0.25, 0.3) is 0 Å². The smallest absolute Gasteiger partial charge is 0.331 e. The van der Waals surface area contributed by atoms with Crippen LogP contribution in [0.25, 0.3) is 0 Å². The van der Waals surface area contributed by atoms with E-state index in [1.54, 1.807) is 20.8 Å². The second kappa shape index (κ2) is 8.80. The van der Waals surface area contributed by atoms with Gasteiger partial charge in [0.15, 0.2) is 6.04 Å². The Hall–Kier alpha value is -2.30. The summed E-state index contributed by atoms with van der Waals surface area (Å²) in [6, 6.07) is 2.72. The number of phenols is 1. The first kappa shape index (κ1) is 22.0. The Morgan fingerprint density at radius 3 is 2.43 bits per heavy atom. The lowest BCUT2D eigenvalue weighted by Crippen LogP contribution is -2.55. The van der Waals surface area contributed by atoms with Gasteiger partial charge in [-0.05, 0) is 38.5 Å². The van der Waals surface area contributed by atoms with Crippen molar-refractivity contribution in [2.45, 2.75) is 49.0 Å². The SMILES string of the molecule is CCOC(=O)[C@@H](NC(=O)[C@H](N)c1ccc(O)cc1)[C@@H]1N[C@@H](C(=O)O)C(C)(C)S1. The predicted octanol–water partition coefficient (Wildman–Crippen LogP) is 0.334. The minimum Gasteiger partial charge on any atom is -0.508 e. The van der Waals surface area contributed by atoms with Crippen LogP contribution in [-0.2, 0) is 19.1 Å². The summed E-state index contributed by atoms with van der Waals surface area (Å²) < 4.78 is 4.35. The number of ether oxygens (including phenoxy) is 1. The number of benzene rings is 1. The lowest BCUT2D eigenvalue weighted by atomic mass is 10.0. The van der Waals surface area contributed by atoms with Crippen molar-refractivity contribution in [3.8, 4) is 5.75 Å². The number of thioether (sulfide) groups is 1. The predicted molar refractivity (Wildman–Crippen MR) is 104 cm³/mol. The van der Waals surface area contributed by atoms with Crippen LogP contribution in [-0.4, -0.2) is 56.9 Å². The fourth-order valence-corrected chi connectivity index (χ4v) is 4.37. The molecular formula is C18H25N3O6S. The number of carboxylic acids is 1. The number of hydrogen-bond donors (Lipinski definition) is 5. The number of aromatic hydroxyl groups is 1. The molecule has 28 heavy (non-hydrogen) atoms. The van der Waals surface area contributed by atoms with Gasteiger partial charge in [-0.2, -0.15) is 0 Å². The average Bonchev–Trinajstić information content (AvgIpc) is 2.94. The fraction of sp³-hybridized carbons (Fsp3) is 0.500. The molecule has 1 amide bonds. The number of nitrogens with one attached hydrogen (secondary N) is 2. The van der Waals surface area contributed by atoms with Crippen molar-refractivity contribution >= 4 is 29.6 Å². The third kappa shape index (κ3) is 4.94. The molecule has 1 fully saturated rings. The molecule has 154 valence electrons. The normalized spacial score (nSPS) is 22.9. The number of esters is 1. The zero-order valence-electron chi connectivity index (χ0n) is 15.8. The molecule has 0 spiro atoms. The maximum atomic E-state index is 12.6. The zero-order chi connectivity index (χ0) is 21.1. The monoisotopic (exact) mass is 411 g/mol. The Morgan fingerprint density at radius 2 is 1.93 bits per heavy atom. The quantitative estimate of drug-likeness (QED) is 0.400. The van der Waals surface area contributed by atoms with E-state index < -0.39 is 46.1 Å². The average molecular weight is 411 g/mol. The first-order valence-electron chi connectivity index (χ1n) is 8.75. The van der Waals surface area contributed by atoms with Crippen LogP contribution in [0.4, 0.5) is 0 Å². The van der Waals surface area contributed by atoms with Gasteiger partial charge in [0, 0.05) is 4.75 Å². The summed E-state index contributed by atoms with van der Waals surface area (Å²) in [7, 11) is 0. The lowest BCUT2D eigenvalue weighted by Gasteiger charge is -2.25. The molecule has 1 aromatic carbocycles. The number of carbonyl (C=O) groups is 3. The maximum Gasteiger partial charge on any atom is 0.331 e. The van der Waals surface area contributed by atoms with Crippen LogP contribution in [0.3, 0.4) is 0 Å². The molecule has 0 unspecified atom stereocenters. The molecule has 1 heterocycles. The molecule has 4 atom stereocenters. The summed E-state index contributed by atoms with van der Waals surface area (Å²) >= 11 is 1.24. The van der Waals surface area contributed by atoms with Gasteiger partial charge in [0.2, 0.25) is 5.91 Å². The van der Waals surface area contributed by atoms with Gasteiger partial charge in [-0.15, -0.1) is 11.8 Å². The first-order valence-corrected chi connectivity index (χ1v) is 9.63. The van der Waals surface area contributed by atoms with Crippen molar-refractivity contribution < 1.29 is 29.3 Å². The van der Waals surface area contributed by atoms with E-state index in [0.717, 1.165) is 0 Å². The number of rotatable bonds is 7. The Kier molecular flexibility index (Phi) is 6.91. The van der Waals surface area contributed by atoms with E-state index in [1.807, 2.05) is 0 Å². The van der Waals surface area contributed by atoms with E-state index in [0.29, 0.717) is 5.56 Å². The Bertz CT molecular complexity index is 739. The number of aliphatic carboxylic acids is 1. The highest BCUT2D eigenvalue weighted by atomic mass is 32.2. The van der Waals surface area contributed by atoms with Gasteiger partial charge in [0.1, 0.15) is 17.8 Å². The number of phenolic OH excluding ortho intramolecular Hbond substituents is 1. The van der Waals surface area contributed by atoms with Crippen LogP contribution in [0.2, 0.25) is 0 Å². The summed E-state index contributed by atoms with van der Waals surface area (Å²) in [5, 5.41) is 23.5.